The number of carbonyl (C=O) groups excluding carboxylic acids is 1. The lowest BCUT2D eigenvalue weighted by atomic mass is 9.78. The first-order valence-electron chi connectivity index (χ1n) is 6.56. The van der Waals surface area contributed by atoms with Crippen LogP contribution in [0.5, 0.6) is 0 Å². The van der Waals surface area contributed by atoms with Crippen LogP contribution in [0.4, 0.5) is 0 Å². The minimum Gasteiger partial charge on any atom is -0.372 e. The summed E-state index contributed by atoms with van der Waals surface area (Å²) in [5.74, 6) is 1.22. The standard InChI is InChI=1S/C13H24ClNO2/c1-3-8-17-9-12(16)15-13(10-14)6-4-11(2)5-7-13/h11H,3-10H2,1-2H3,(H,15,16). The number of amides is 1. The minimum atomic E-state index is -0.194. The smallest absolute Gasteiger partial charge is 0.246 e. The molecule has 0 aromatic carbocycles. The van der Waals surface area contributed by atoms with Crippen molar-refractivity contribution in [1.29, 1.82) is 0 Å². The second kappa shape index (κ2) is 7.22. The van der Waals surface area contributed by atoms with Crippen LogP contribution in [0.3, 0.4) is 0 Å². The Morgan fingerprint density at radius 1 is 1.47 bits per heavy atom. The molecule has 1 aliphatic carbocycles. The summed E-state index contributed by atoms with van der Waals surface area (Å²) in [7, 11) is 0. The Morgan fingerprint density at radius 3 is 2.65 bits per heavy atom. The summed E-state index contributed by atoms with van der Waals surface area (Å²) in [6, 6.07) is 0. The Hall–Kier alpha value is -0.280. The van der Waals surface area contributed by atoms with E-state index in [0.29, 0.717) is 12.5 Å². The molecular formula is C13H24ClNO2. The molecule has 0 radical (unpaired) electrons. The maximum atomic E-state index is 11.7. The van der Waals surface area contributed by atoms with Crippen molar-refractivity contribution in [2.75, 3.05) is 19.1 Å². The predicted octanol–water partition coefficient (Wildman–Crippen LogP) is 2.72. The van der Waals surface area contributed by atoms with Gasteiger partial charge in [-0.05, 0) is 38.0 Å². The van der Waals surface area contributed by atoms with Crippen molar-refractivity contribution >= 4 is 17.5 Å². The van der Waals surface area contributed by atoms with Crippen LogP contribution in [0.15, 0.2) is 0 Å². The molecule has 1 aliphatic rings. The Kier molecular flexibility index (Phi) is 6.28. The van der Waals surface area contributed by atoms with E-state index in [0.717, 1.165) is 38.0 Å². The van der Waals surface area contributed by atoms with Crippen molar-refractivity contribution in [3.8, 4) is 0 Å². The van der Waals surface area contributed by atoms with E-state index in [9.17, 15) is 4.79 Å². The molecule has 0 aromatic rings. The third-order valence-electron chi connectivity index (χ3n) is 3.47. The quantitative estimate of drug-likeness (QED) is 0.590. The van der Waals surface area contributed by atoms with Crippen LogP contribution < -0.4 is 5.32 Å². The molecule has 0 aliphatic heterocycles. The molecule has 1 saturated carbocycles. The fraction of sp³-hybridized carbons (Fsp3) is 0.923. The summed E-state index contributed by atoms with van der Waals surface area (Å²) in [5, 5.41) is 3.07. The number of hydrogen-bond donors (Lipinski definition) is 1. The second-order valence-corrected chi connectivity index (χ2v) is 5.46. The van der Waals surface area contributed by atoms with Gasteiger partial charge in [-0.1, -0.05) is 13.8 Å². The number of halogens is 1. The van der Waals surface area contributed by atoms with Crippen LogP contribution in [0.2, 0.25) is 0 Å². The lowest BCUT2D eigenvalue weighted by Crippen LogP contribution is -2.53. The molecule has 1 fully saturated rings. The van der Waals surface area contributed by atoms with Gasteiger partial charge in [-0.25, -0.2) is 0 Å². The first-order valence-corrected chi connectivity index (χ1v) is 7.10. The molecule has 0 aromatic heterocycles. The van der Waals surface area contributed by atoms with Crippen molar-refractivity contribution < 1.29 is 9.53 Å². The van der Waals surface area contributed by atoms with Crippen LogP contribution in [0.1, 0.15) is 46.0 Å². The second-order valence-electron chi connectivity index (χ2n) is 5.20. The largest absolute Gasteiger partial charge is 0.372 e. The molecule has 1 amide bonds. The predicted molar refractivity (Wildman–Crippen MR) is 70.3 cm³/mol. The summed E-state index contributed by atoms with van der Waals surface area (Å²) < 4.78 is 5.24. The van der Waals surface area contributed by atoms with Gasteiger partial charge >= 0.3 is 0 Å². The Labute approximate surface area is 109 Å². The zero-order chi connectivity index (χ0) is 12.7. The Morgan fingerprint density at radius 2 is 2.12 bits per heavy atom. The molecule has 0 saturated heterocycles. The van der Waals surface area contributed by atoms with Crippen LogP contribution in [-0.2, 0) is 9.53 Å². The van der Waals surface area contributed by atoms with Crippen molar-refractivity contribution in [3.05, 3.63) is 0 Å². The molecule has 0 unspecified atom stereocenters. The van der Waals surface area contributed by atoms with Gasteiger partial charge in [-0.3, -0.25) is 4.79 Å². The van der Waals surface area contributed by atoms with Crippen molar-refractivity contribution in [1.82, 2.24) is 5.32 Å². The molecular weight excluding hydrogens is 238 g/mol. The van der Waals surface area contributed by atoms with Gasteiger partial charge in [0, 0.05) is 12.5 Å². The molecule has 0 atom stereocenters. The van der Waals surface area contributed by atoms with Gasteiger partial charge in [0.05, 0.1) is 5.54 Å². The van der Waals surface area contributed by atoms with Crippen LogP contribution in [0.25, 0.3) is 0 Å². The number of ether oxygens (including phenoxy) is 1. The lowest BCUT2D eigenvalue weighted by molar-refractivity contribution is -0.127. The summed E-state index contributed by atoms with van der Waals surface area (Å²) in [5.41, 5.74) is -0.194. The zero-order valence-corrected chi connectivity index (χ0v) is 11.7. The van der Waals surface area contributed by atoms with Gasteiger partial charge in [0.2, 0.25) is 5.91 Å². The van der Waals surface area contributed by atoms with Gasteiger partial charge in [0.1, 0.15) is 6.61 Å². The van der Waals surface area contributed by atoms with Crippen LogP contribution in [-0.4, -0.2) is 30.5 Å². The van der Waals surface area contributed by atoms with E-state index >= 15 is 0 Å². The normalized spacial score (nSPS) is 29.0. The van der Waals surface area contributed by atoms with Gasteiger partial charge in [-0.2, -0.15) is 0 Å². The number of alkyl halides is 1. The summed E-state index contributed by atoms with van der Waals surface area (Å²) in [6.45, 7) is 5.07. The lowest BCUT2D eigenvalue weighted by Gasteiger charge is -2.38. The van der Waals surface area contributed by atoms with E-state index in [1.54, 1.807) is 0 Å². The Balaban J connectivity index is 2.37. The molecule has 1 rings (SSSR count). The van der Waals surface area contributed by atoms with E-state index in [1.807, 2.05) is 6.92 Å². The van der Waals surface area contributed by atoms with Gasteiger partial charge in [-0.15, -0.1) is 11.6 Å². The van der Waals surface area contributed by atoms with E-state index in [1.165, 1.54) is 0 Å². The molecule has 1 N–H and O–H groups in total. The maximum Gasteiger partial charge on any atom is 0.246 e. The highest BCUT2D eigenvalue weighted by atomic mass is 35.5. The first kappa shape index (κ1) is 14.8. The van der Waals surface area contributed by atoms with Gasteiger partial charge in [0.25, 0.3) is 0 Å². The highest BCUT2D eigenvalue weighted by Crippen LogP contribution is 2.32. The molecule has 0 spiro atoms. The molecule has 100 valence electrons. The number of carbonyl (C=O) groups is 1. The first-order chi connectivity index (χ1) is 8.12. The summed E-state index contributed by atoms with van der Waals surface area (Å²) >= 11 is 6.03. The fourth-order valence-electron chi connectivity index (χ4n) is 2.25. The average molecular weight is 262 g/mol. The monoisotopic (exact) mass is 261 g/mol. The summed E-state index contributed by atoms with van der Waals surface area (Å²) in [6.07, 6.45) is 5.19. The van der Waals surface area contributed by atoms with Crippen molar-refractivity contribution in [2.24, 2.45) is 5.92 Å². The minimum absolute atomic E-state index is 0.0337. The maximum absolute atomic E-state index is 11.7. The van der Waals surface area contributed by atoms with Crippen molar-refractivity contribution in [2.45, 2.75) is 51.5 Å². The molecule has 3 nitrogen and oxygen atoms in total. The average Bonchev–Trinajstić information content (AvgIpc) is 2.33. The third-order valence-corrected chi connectivity index (χ3v) is 3.98. The number of hydrogen-bond acceptors (Lipinski definition) is 2. The van der Waals surface area contributed by atoms with Gasteiger partial charge < -0.3 is 10.1 Å². The topological polar surface area (TPSA) is 38.3 Å². The van der Waals surface area contributed by atoms with Gasteiger partial charge in [0.15, 0.2) is 0 Å². The van der Waals surface area contributed by atoms with E-state index in [-0.39, 0.29) is 18.1 Å². The highest BCUT2D eigenvalue weighted by Gasteiger charge is 2.34. The van der Waals surface area contributed by atoms with Crippen molar-refractivity contribution in [3.63, 3.8) is 0 Å². The molecule has 0 bridgehead atoms. The third kappa shape index (κ3) is 4.84. The Bertz CT molecular complexity index is 238. The van der Waals surface area contributed by atoms with E-state index in [4.69, 9.17) is 16.3 Å². The molecule has 4 heteroatoms. The zero-order valence-electron chi connectivity index (χ0n) is 10.9. The fourth-order valence-corrected chi connectivity index (χ4v) is 2.58. The van der Waals surface area contributed by atoms with Crippen LogP contribution >= 0.6 is 11.6 Å². The van der Waals surface area contributed by atoms with E-state index in [2.05, 4.69) is 12.2 Å². The summed E-state index contributed by atoms with van der Waals surface area (Å²) in [4.78, 5) is 11.7. The highest BCUT2D eigenvalue weighted by molar-refractivity contribution is 6.18. The van der Waals surface area contributed by atoms with Crippen LogP contribution in [0, 0.1) is 5.92 Å². The number of rotatable bonds is 6. The number of nitrogens with one attached hydrogen (secondary N) is 1. The molecule has 17 heavy (non-hydrogen) atoms. The van der Waals surface area contributed by atoms with E-state index < -0.39 is 0 Å². The molecule has 0 heterocycles. The SMILES string of the molecule is CCCOCC(=O)NC1(CCl)CCC(C)CC1.